The first-order valence-electron chi connectivity index (χ1n) is 23.0. The van der Waals surface area contributed by atoms with E-state index in [0.29, 0.717) is 23.5 Å². The fourth-order valence-electron chi connectivity index (χ4n) is 8.06. The van der Waals surface area contributed by atoms with Crippen LogP contribution in [0.4, 0.5) is 0 Å². The third kappa shape index (κ3) is 12.6. The molecule has 0 amide bonds. The van der Waals surface area contributed by atoms with Gasteiger partial charge in [0.15, 0.2) is 5.75 Å². The van der Waals surface area contributed by atoms with Gasteiger partial charge in [0.25, 0.3) is 0 Å². The Bertz CT molecular complexity index is 2840. The maximum atomic E-state index is 13.9. The third-order valence-corrected chi connectivity index (χ3v) is 11.7. The van der Waals surface area contributed by atoms with Crippen molar-refractivity contribution in [1.82, 2.24) is 0 Å². The Kier molecular flexibility index (Phi) is 16.1. The van der Waals surface area contributed by atoms with Gasteiger partial charge in [0.1, 0.15) is 54.7 Å². The molecule has 11 nitrogen and oxygen atoms in total. The van der Waals surface area contributed by atoms with Crippen molar-refractivity contribution in [3.8, 4) is 23.0 Å². The predicted molar refractivity (Wildman–Crippen MR) is 261 cm³/mol. The summed E-state index contributed by atoms with van der Waals surface area (Å²) in [5, 5.41) is 0.509. The van der Waals surface area contributed by atoms with E-state index in [-0.39, 0.29) is 56.7 Å². The van der Waals surface area contributed by atoms with Crippen LogP contribution in [0.3, 0.4) is 0 Å². The van der Waals surface area contributed by atoms with Gasteiger partial charge in [-0.05, 0) is 57.6 Å². The van der Waals surface area contributed by atoms with E-state index in [9.17, 15) is 4.79 Å². The highest BCUT2D eigenvalue weighted by Gasteiger charge is 2.50. The lowest BCUT2D eigenvalue weighted by Gasteiger charge is -2.45. The first-order valence-corrected chi connectivity index (χ1v) is 23.0. The largest absolute Gasteiger partial charge is 0.497 e. The average molecular weight is 927 g/mol. The first-order chi connectivity index (χ1) is 34.1. The lowest BCUT2D eigenvalue weighted by atomic mass is 9.97. The Labute approximate surface area is 401 Å². The number of methoxy groups -OCH3 is 1. The van der Waals surface area contributed by atoms with Gasteiger partial charge in [-0.1, -0.05) is 164 Å². The summed E-state index contributed by atoms with van der Waals surface area (Å²) in [4.78, 5) is 13.9. The zero-order valence-corrected chi connectivity index (χ0v) is 38.3. The van der Waals surface area contributed by atoms with E-state index in [0.717, 1.165) is 33.4 Å². The number of hydrogen-bond donors (Lipinski definition) is 0. The van der Waals surface area contributed by atoms with Crippen molar-refractivity contribution in [2.45, 2.75) is 70.3 Å². The number of rotatable bonds is 22. The van der Waals surface area contributed by atoms with E-state index in [1.165, 1.54) is 0 Å². The van der Waals surface area contributed by atoms with Gasteiger partial charge in [-0.2, -0.15) is 0 Å². The van der Waals surface area contributed by atoms with Crippen molar-refractivity contribution in [2.75, 3.05) is 13.7 Å². The monoisotopic (exact) mass is 926 g/mol. The van der Waals surface area contributed by atoms with Gasteiger partial charge >= 0.3 is 5.63 Å². The van der Waals surface area contributed by atoms with Crippen LogP contribution in [-0.4, -0.2) is 44.4 Å². The van der Waals surface area contributed by atoms with E-state index in [1.807, 2.05) is 176 Å². The number of hydrogen-bond acceptors (Lipinski definition) is 11. The predicted octanol–water partition coefficient (Wildman–Crippen LogP) is 11.0. The number of benzene rings is 7. The zero-order chi connectivity index (χ0) is 47.0. The van der Waals surface area contributed by atoms with Gasteiger partial charge in [-0.3, -0.25) is 0 Å². The maximum Gasteiger partial charge on any atom is 0.383 e. The third-order valence-electron chi connectivity index (χ3n) is 11.7. The summed E-state index contributed by atoms with van der Waals surface area (Å²) in [7, 11) is 1.61. The van der Waals surface area contributed by atoms with Gasteiger partial charge in [0.05, 0.1) is 45.5 Å². The molecule has 0 N–H and O–H groups in total. The van der Waals surface area contributed by atoms with Crippen LogP contribution in [0.25, 0.3) is 11.0 Å². The molecule has 1 fully saturated rings. The van der Waals surface area contributed by atoms with Gasteiger partial charge < -0.3 is 47.0 Å². The quantitative estimate of drug-likeness (QED) is 0.0605. The van der Waals surface area contributed by atoms with Crippen molar-refractivity contribution in [1.29, 1.82) is 0 Å². The lowest BCUT2D eigenvalue weighted by molar-refractivity contribution is -0.310. The summed E-state index contributed by atoms with van der Waals surface area (Å²) in [5.41, 5.74) is 5.18. The van der Waals surface area contributed by atoms with Crippen LogP contribution in [0.15, 0.2) is 203 Å². The molecule has 0 unspecified atom stereocenters. The molecule has 352 valence electrons. The molecular formula is C58H54O11. The summed E-state index contributed by atoms with van der Waals surface area (Å²) >= 11 is 0. The van der Waals surface area contributed by atoms with Crippen LogP contribution >= 0.6 is 0 Å². The molecule has 0 bridgehead atoms. The molecule has 0 spiro atoms. The minimum Gasteiger partial charge on any atom is -0.497 e. The lowest BCUT2D eigenvalue weighted by Crippen LogP contribution is -2.62. The molecule has 1 aliphatic heterocycles. The van der Waals surface area contributed by atoms with Crippen molar-refractivity contribution < 1.29 is 47.0 Å². The summed E-state index contributed by atoms with van der Waals surface area (Å²) in [6.07, 6.45) is -3.95. The highest BCUT2D eigenvalue weighted by Crippen LogP contribution is 2.38. The van der Waals surface area contributed by atoms with E-state index in [1.54, 1.807) is 25.3 Å². The molecule has 11 heteroatoms. The molecule has 0 radical (unpaired) electrons. The molecule has 5 atom stereocenters. The van der Waals surface area contributed by atoms with Gasteiger partial charge in [0, 0.05) is 6.07 Å². The van der Waals surface area contributed by atoms with Crippen LogP contribution in [0, 0.1) is 0 Å². The van der Waals surface area contributed by atoms with Crippen LogP contribution < -0.4 is 24.6 Å². The normalized spacial score (nSPS) is 17.8. The van der Waals surface area contributed by atoms with Crippen LogP contribution in [0.5, 0.6) is 23.0 Å². The summed E-state index contributed by atoms with van der Waals surface area (Å²) in [5.74, 6) is 1.25. The second-order valence-corrected chi connectivity index (χ2v) is 16.6. The minimum absolute atomic E-state index is 0.0498. The summed E-state index contributed by atoms with van der Waals surface area (Å²) in [6, 6.07) is 62.1. The summed E-state index contributed by atoms with van der Waals surface area (Å²) < 4.78 is 64.6. The van der Waals surface area contributed by atoms with Gasteiger partial charge in [0.2, 0.25) is 12.0 Å². The molecule has 0 saturated carbocycles. The van der Waals surface area contributed by atoms with E-state index >= 15 is 0 Å². The van der Waals surface area contributed by atoms with Crippen molar-refractivity contribution in [3.63, 3.8) is 0 Å². The Morgan fingerprint density at radius 3 is 1.43 bits per heavy atom. The highest BCUT2D eigenvalue weighted by atomic mass is 16.7. The molecule has 2 heterocycles. The standard InChI is InChI=1S/C58H54O11/c1-60-47-29-27-46(28-30-47)39-65-55-52(62-35-42-19-9-3-10-20-42)49-32-31-48(33-50(49)68-57(55)59)67-58-56(66-38-45-25-15-6-16-26-45)54(64-37-44-23-13-5-14-24-44)53(63-36-43-21-11-4-12-22-43)51(69-58)40-61-34-41-17-7-2-8-18-41/h2-33,51,53-54,56,58H,34-40H2,1H3/t51-,53-,54+,56-,58-/m1/s1. The van der Waals surface area contributed by atoms with Crippen molar-refractivity contribution >= 4 is 11.0 Å². The molecule has 8 aromatic rings. The minimum atomic E-state index is -1.05. The molecule has 0 aliphatic carbocycles. The highest BCUT2D eigenvalue weighted by molar-refractivity contribution is 5.86. The smallest absolute Gasteiger partial charge is 0.383 e. The van der Waals surface area contributed by atoms with Gasteiger partial charge in [-0.25, -0.2) is 4.79 Å². The van der Waals surface area contributed by atoms with Crippen molar-refractivity contribution in [3.05, 3.63) is 238 Å². The van der Waals surface area contributed by atoms with E-state index in [4.69, 9.17) is 47.0 Å². The van der Waals surface area contributed by atoms with E-state index in [2.05, 4.69) is 0 Å². The SMILES string of the molecule is COc1ccc(COc2c(OCc3ccccc3)c3ccc(O[C@@H]4O[C@H](COCc5ccccc5)[C@@H](OCc5ccccc5)[C@H](OCc5ccccc5)[C@H]4OCc4ccccc4)cc3oc2=O)cc1. The fourth-order valence-corrected chi connectivity index (χ4v) is 8.06. The van der Waals surface area contributed by atoms with Crippen molar-refractivity contribution in [2.24, 2.45) is 0 Å². The molecule has 1 aliphatic rings. The Balaban J connectivity index is 1.06. The van der Waals surface area contributed by atoms with Crippen LogP contribution in [0.1, 0.15) is 33.4 Å². The molecule has 69 heavy (non-hydrogen) atoms. The zero-order valence-electron chi connectivity index (χ0n) is 38.3. The number of ether oxygens (including phenoxy) is 9. The molecule has 1 saturated heterocycles. The second kappa shape index (κ2) is 23.7. The molecular weight excluding hydrogens is 873 g/mol. The molecule has 1 aromatic heterocycles. The topological polar surface area (TPSA) is 113 Å². The molecule has 7 aromatic carbocycles. The number of fused-ring (bicyclic) bond motifs is 1. The average Bonchev–Trinajstić information content (AvgIpc) is 3.40. The first kappa shape index (κ1) is 46.8. The Morgan fingerprint density at radius 1 is 0.449 bits per heavy atom. The Morgan fingerprint density at radius 2 is 0.899 bits per heavy atom. The van der Waals surface area contributed by atoms with Gasteiger partial charge in [-0.15, -0.1) is 0 Å². The summed E-state index contributed by atoms with van der Waals surface area (Å²) in [6.45, 7) is 1.56. The Hall–Kier alpha value is -7.25. The maximum absolute atomic E-state index is 13.9. The second-order valence-electron chi connectivity index (χ2n) is 16.6. The van der Waals surface area contributed by atoms with Crippen LogP contribution in [-0.2, 0) is 63.3 Å². The van der Waals surface area contributed by atoms with E-state index < -0.39 is 36.3 Å². The van der Waals surface area contributed by atoms with Crippen LogP contribution in [0.2, 0.25) is 0 Å². The fraction of sp³-hybridized carbons (Fsp3) is 0.224. The molecule has 9 rings (SSSR count).